The summed E-state index contributed by atoms with van der Waals surface area (Å²) >= 11 is 0. The van der Waals surface area contributed by atoms with Crippen LogP contribution in [0.5, 0.6) is 11.5 Å². The molecule has 0 aromatic heterocycles. The Balaban J connectivity index is 0.00000225. The summed E-state index contributed by atoms with van der Waals surface area (Å²) in [4.78, 5) is 0. The maximum atomic E-state index is 9.51. The number of ether oxygens (including phenoxy) is 1. The molecule has 1 atom stereocenters. The Kier molecular flexibility index (Phi) is 6.93. The Morgan fingerprint density at radius 3 is 2.62 bits per heavy atom. The zero-order valence-corrected chi connectivity index (χ0v) is 10.6. The summed E-state index contributed by atoms with van der Waals surface area (Å²) in [5.41, 5.74) is 7.00. The van der Waals surface area contributed by atoms with Crippen LogP contribution >= 0.6 is 12.4 Å². The fourth-order valence-corrected chi connectivity index (χ4v) is 1.51. The summed E-state index contributed by atoms with van der Waals surface area (Å²) in [6.45, 7) is 4.53. The highest BCUT2D eigenvalue weighted by atomic mass is 35.5. The zero-order chi connectivity index (χ0) is 11.3. The molecule has 1 aromatic rings. The van der Waals surface area contributed by atoms with Gasteiger partial charge in [-0.25, -0.2) is 0 Å². The van der Waals surface area contributed by atoms with Gasteiger partial charge in [0, 0.05) is 6.04 Å². The minimum absolute atomic E-state index is 0. The van der Waals surface area contributed by atoms with Crippen LogP contribution in [0.4, 0.5) is 0 Å². The van der Waals surface area contributed by atoms with Crippen molar-refractivity contribution in [3.05, 3.63) is 23.8 Å². The summed E-state index contributed by atoms with van der Waals surface area (Å²) in [6.07, 6.45) is 1.99. The number of rotatable bonds is 5. The summed E-state index contributed by atoms with van der Waals surface area (Å²) in [7, 11) is 0. The molecule has 0 unspecified atom stereocenters. The normalized spacial score (nSPS) is 11.7. The third-order valence-corrected chi connectivity index (χ3v) is 2.31. The number of hydrogen-bond donors (Lipinski definition) is 2. The second-order valence-corrected chi connectivity index (χ2v) is 3.56. The summed E-state index contributed by atoms with van der Waals surface area (Å²) in [5.74, 6) is 0.686. The van der Waals surface area contributed by atoms with Gasteiger partial charge >= 0.3 is 0 Å². The topological polar surface area (TPSA) is 55.5 Å². The minimum Gasteiger partial charge on any atom is -0.504 e. The van der Waals surface area contributed by atoms with Crippen LogP contribution in [0.2, 0.25) is 0 Å². The Labute approximate surface area is 103 Å². The molecule has 1 aromatic carbocycles. The second kappa shape index (κ2) is 7.36. The van der Waals surface area contributed by atoms with E-state index in [1.165, 1.54) is 0 Å². The molecule has 0 fully saturated rings. The second-order valence-electron chi connectivity index (χ2n) is 3.56. The third-order valence-electron chi connectivity index (χ3n) is 2.31. The quantitative estimate of drug-likeness (QED) is 0.839. The van der Waals surface area contributed by atoms with Gasteiger partial charge in [0.05, 0.1) is 6.61 Å². The molecule has 0 bridgehead atoms. The first-order valence-electron chi connectivity index (χ1n) is 5.40. The SMILES string of the molecule is CCC[C@@H](N)c1ccc(O)c(OCC)c1.Cl. The van der Waals surface area contributed by atoms with E-state index in [-0.39, 0.29) is 24.2 Å². The number of phenols is 1. The van der Waals surface area contributed by atoms with Gasteiger partial charge in [0.25, 0.3) is 0 Å². The van der Waals surface area contributed by atoms with Crippen molar-refractivity contribution in [2.75, 3.05) is 6.61 Å². The van der Waals surface area contributed by atoms with Gasteiger partial charge in [0.15, 0.2) is 11.5 Å². The van der Waals surface area contributed by atoms with E-state index in [4.69, 9.17) is 10.5 Å². The minimum atomic E-state index is 0. The van der Waals surface area contributed by atoms with E-state index < -0.39 is 0 Å². The van der Waals surface area contributed by atoms with Crippen LogP contribution in [0.3, 0.4) is 0 Å². The number of nitrogens with two attached hydrogens (primary N) is 1. The van der Waals surface area contributed by atoms with Crippen LogP contribution in [-0.2, 0) is 0 Å². The van der Waals surface area contributed by atoms with E-state index in [1.807, 2.05) is 19.1 Å². The summed E-state index contributed by atoms with van der Waals surface area (Å²) < 4.78 is 5.30. The monoisotopic (exact) mass is 245 g/mol. The Hall–Kier alpha value is -0.930. The Morgan fingerprint density at radius 2 is 2.06 bits per heavy atom. The van der Waals surface area contributed by atoms with Crippen LogP contribution in [0.15, 0.2) is 18.2 Å². The third kappa shape index (κ3) is 3.91. The zero-order valence-electron chi connectivity index (χ0n) is 9.77. The maximum Gasteiger partial charge on any atom is 0.161 e. The standard InChI is InChI=1S/C12H19NO2.ClH/c1-3-5-10(13)9-6-7-11(14)12(8-9)15-4-2;/h6-8,10,14H,3-5,13H2,1-2H3;1H/t10-;/m1./s1. The van der Waals surface area contributed by atoms with Crippen molar-refractivity contribution in [1.29, 1.82) is 0 Å². The molecule has 0 saturated heterocycles. The van der Waals surface area contributed by atoms with Gasteiger partial charge in [-0.2, -0.15) is 0 Å². The highest BCUT2D eigenvalue weighted by molar-refractivity contribution is 5.85. The van der Waals surface area contributed by atoms with E-state index >= 15 is 0 Å². The number of halogens is 1. The average Bonchev–Trinajstić information content (AvgIpc) is 2.22. The van der Waals surface area contributed by atoms with Crippen molar-refractivity contribution in [3.63, 3.8) is 0 Å². The van der Waals surface area contributed by atoms with Crippen LogP contribution in [-0.4, -0.2) is 11.7 Å². The van der Waals surface area contributed by atoms with Gasteiger partial charge < -0.3 is 15.6 Å². The fraction of sp³-hybridized carbons (Fsp3) is 0.500. The fourth-order valence-electron chi connectivity index (χ4n) is 1.51. The lowest BCUT2D eigenvalue weighted by Gasteiger charge is -2.13. The molecule has 0 spiro atoms. The van der Waals surface area contributed by atoms with Crippen molar-refractivity contribution >= 4 is 12.4 Å². The first-order chi connectivity index (χ1) is 7.19. The van der Waals surface area contributed by atoms with Crippen molar-refractivity contribution in [3.8, 4) is 11.5 Å². The van der Waals surface area contributed by atoms with E-state index in [9.17, 15) is 5.11 Å². The van der Waals surface area contributed by atoms with Gasteiger partial charge in [-0.15, -0.1) is 12.4 Å². The first kappa shape index (κ1) is 15.1. The largest absolute Gasteiger partial charge is 0.504 e. The number of hydrogen-bond acceptors (Lipinski definition) is 3. The van der Waals surface area contributed by atoms with Crippen molar-refractivity contribution in [2.24, 2.45) is 5.73 Å². The molecule has 3 N–H and O–H groups in total. The predicted molar refractivity (Wildman–Crippen MR) is 68.4 cm³/mol. The van der Waals surface area contributed by atoms with Gasteiger partial charge in [-0.3, -0.25) is 0 Å². The highest BCUT2D eigenvalue weighted by Crippen LogP contribution is 2.29. The predicted octanol–water partition coefficient (Wildman–Crippen LogP) is 3.01. The molecule has 4 heteroatoms. The molecule has 0 radical (unpaired) electrons. The van der Waals surface area contributed by atoms with Crippen molar-refractivity contribution in [2.45, 2.75) is 32.7 Å². The van der Waals surface area contributed by atoms with Gasteiger partial charge in [0.2, 0.25) is 0 Å². The van der Waals surface area contributed by atoms with Crippen LogP contribution in [0, 0.1) is 0 Å². The molecule has 0 saturated carbocycles. The molecule has 16 heavy (non-hydrogen) atoms. The van der Waals surface area contributed by atoms with Crippen molar-refractivity contribution < 1.29 is 9.84 Å². The van der Waals surface area contributed by atoms with Gasteiger partial charge in [-0.1, -0.05) is 19.4 Å². The van der Waals surface area contributed by atoms with E-state index in [2.05, 4.69) is 6.92 Å². The Bertz CT molecular complexity index is 318. The van der Waals surface area contributed by atoms with E-state index in [0.29, 0.717) is 12.4 Å². The van der Waals surface area contributed by atoms with Gasteiger partial charge in [-0.05, 0) is 31.0 Å². The molecular formula is C12H20ClNO2. The smallest absolute Gasteiger partial charge is 0.161 e. The number of aromatic hydroxyl groups is 1. The number of phenolic OH excluding ortho intramolecular Hbond substituents is 1. The molecule has 1 rings (SSSR count). The van der Waals surface area contributed by atoms with E-state index in [1.54, 1.807) is 6.07 Å². The average molecular weight is 246 g/mol. The molecule has 0 aliphatic heterocycles. The Morgan fingerprint density at radius 1 is 1.38 bits per heavy atom. The van der Waals surface area contributed by atoms with Crippen LogP contribution in [0.25, 0.3) is 0 Å². The highest BCUT2D eigenvalue weighted by Gasteiger charge is 2.08. The lowest BCUT2D eigenvalue weighted by atomic mass is 10.0. The van der Waals surface area contributed by atoms with E-state index in [0.717, 1.165) is 18.4 Å². The molecule has 3 nitrogen and oxygen atoms in total. The molecular weight excluding hydrogens is 226 g/mol. The number of benzene rings is 1. The first-order valence-corrected chi connectivity index (χ1v) is 5.40. The van der Waals surface area contributed by atoms with Crippen LogP contribution in [0.1, 0.15) is 38.3 Å². The molecule has 0 amide bonds. The summed E-state index contributed by atoms with van der Waals surface area (Å²) in [5, 5.41) is 9.51. The summed E-state index contributed by atoms with van der Waals surface area (Å²) in [6, 6.07) is 5.32. The molecule has 92 valence electrons. The van der Waals surface area contributed by atoms with Crippen molar-refractivity contribution in [1.82, 2.24) is 0 Å². The molecule has 0 aliphatic carbocycles. The lowest BCUT2D eigenvalue weighted by molar-refractivity contribution is 0.317. The van der Waals surface area contributed by atoms with Gasteiger partial charge in [0.1, 0.15) is 0 Å². The lowest BCUT2D eigenvalue weighted by Crippen LogP contribution is -2.09. The molecule has 0 aliphatic rings. The molecule has 0 heterocycles. The maximum absolute atomic E-state index is 9.51. The van der Waals surface area contributed by atoms with Crippen LogP contribution < -0.4 is 10.5 Å².